The van der Waals surface area contributed by atoms with E-state index in [0.717, 1.165) is 37.8 Å². The molecule has 1 rings (SSSR count). The van der Waals surface area contributed by atoms with Crippen LogP contribution in [0.15, 0.2) is 23.1 Å². The Bertz CT molecular complexity index is 716. The van der Waals surface area contributed by atoms with Crippen LogP contribution >= 0.6 is 0 Å². The van der Waals surface area contributed by atoms with Crippen LogP contribution < -0.4 is 0 Å². The second-order valence-electron chi connectivity index (χ2n) is 5.87. The standard InChI is InChI=1S/C18H26O7S.Cs/c1-3-5-7-11-24-17(19)14-9-10-15(16(13-14)26(21,22)23)18(20)25-12-8-6-4-2;/h9-10,13H,3-8,11-12H2,1-2H3,(H,21,22,23);. The van der Waals surface area contributed by atoms with E-state index < -0.39 is 27.0 Å². The van der Waals surface area contributed by atoms with E-state index in [1.807, 2.05) is 13.8 Å². The molecule has 1 aromatic rings. The second-order valence-corrected chi connectivity index (χ2v) is 7.26. The van der Waals surface area contributed by atoms with Gasteiger partial charge < -0.3 is 9.47 Å². The molecule has 1 N–H and O–H groups in total. The molecule has 0 fully saturated rings. The topological polar surface area (TPSA) is 107 Å². The predicted octanol–water partition coefficient (Wildman–Crippen LogP) is 3.25. The molecule has 1 radical (unpaired) electrons. The summed E-state index contributed by atoms with van der Waals surface area (Å²) in [6.07, 6.45) is 5.07. The molecular formula is C18H26CsO7S. The van der Waals surface area contributed by atoms with Crippen molar-refractivity contribution in [1.29, 1.82) is 0 Å². The van der Waals surface area contributed by atoms with E-state index in [-0.39, 0.29) is 93.2 Å². The third kappa shape index (κ3) is 9.93. The zero-order valence-electron chi connectivity index (χ0n) is 16.2. The summed E-state index contributed by atoms with van der Waals surface area (Å²) in [7, 11) is -4.71. The SMILES string of the molecule is CCCCCOC(=O)c1ccc(C(=O)OCCCCC)c(S(=O)(=O)O)c1.[Cs]. The summed E-state index contributed by atoms with van der Waals surface area (Å²) in [5.74, 6) is -1.58. The Morgan fingerprint density at radius 2 is 1.44 bits per heavy atom. The molecule has 1 aromatic carbocycles. The van der Waals surface area contributed by atoms with Crippen molar-refractivity contribution in [2.75, 3.05) is 13.2 Å². The van der Waals surface area contributed by atoms with Gasteiger partial charge in [0.25, 0.3) is 10.1 Å². The van der Waals surface area contributed by atoms with E-state index in [1.165, 1.54) is 6.07 Å². The van der Waals surface area contributed by atoms with E-state index in [4.69, 9.17) is 9.47 Å². The van der Waals surface area contributed by atoms with Crippen LogP contribution in [0.25, 0.3) is 0 Å². The minimum atomic E-state index is -4.71. The van der Waals surface area contributed by atoms with E-state index >= 15 is 0 Å². The molecule has 0 bridgehead atoms. The van der Waals surface area contributed by atoms with E-state index in [9.17, 15) is 22.6 Å². The first kappa shape index (κ1) is 27.1. The summed E-state index contributed by atoms with van der Waals surface area (Å²) in [5.41, 5.74) is -0.372. The summed E-state index contributed by atoms with van der Waals surface area (Å²) in [6.45, 7) is 4.38. The minimum absolute atomic E-state index is 0. The molecule has 7 nitrogen and oxygen atoms in total. The van der Waals surface area contributed by atoms with Crippen molar-refractivity contribution in [3.63, 3.8) is 0 Å². The number of hydrogen-bond acceptors (Lipinski definition) is 6. The van der Waals surface area contributed by atoms with Gasteiger partial charge in [-0.15, -0.1) is 0 Å². The van der Waals surface area contributed by atoms with Crippen molar-refractivity contribution in [2.24, 2.45) is 0 Å². The molecule has 147 valence electrons. The van der Waals surface area contributed by atoms with Crippen LogP contribution in [-0.2, 0) is 19.6 Å². The largest absolute Gasteiger partial charge is 0.462 e. The van der Waals surface area contributed by atoms with Crippen LogP contribution in [0.1, 0.15) is 73.1 Å². The Morgan fingerprint density at radius 3 is 1.93 bits per heavy atom. The van der Waals surface area contributed by atoms with Crippen molar-refractivity contribution in [1.82, 2.24) is 0 Å². The maximum absolute atomic E-state index is 12.1. The van der Waals surface area contributed by atoms with Gasteiger partial charge in [-0.1, -0.05) is 39.5 Å². The number of carbonyl (C=O) groups is 2. The van der Waals surface area contributed by atoms with Gasteiger partial charge in [-0.2, -0.15) is 8.42 Å². The molecule has 0 heterocycles. The number of carbonyl (C=O) groups excluding carboxylic acids is 2. The van der Waals surface area contributed by atoms with E-state index in [0.29, 0.717) is 12.8 Å². The number of hydrogen-bond donors (Lipinski definition) is 1. The molecule has 0 aliphatic heterocycles. The molecule has 0 spiro atoms. The molecule has 0 saturated heterocycles. The maximum atomic E-state index is 12.1. The number of esters is 2. The summed E-state index contributed by atoms with van der Waals surface area (Å²) < 4.78 is 42.7. The third-order valence-corrected chi connectivity index (χ3v) is 4.57. The van der Waals surface area contributed by atoms with Crippen LogP contribution in [-0.4, -0.2) is 107 Å². The Hall–Kier alpha value is 0.122. The monoisotopic (exact) mass is 519 g/mol. The Balaban J connectivity index is 0.00000676. The number of ether oxygens (including phenoxy) is 2. The van der Waals surface area contributed by atoms with Gasteiger partial charge in [0.2, 0.25) is 0 Å². The van der Waals surface area contributed by atoms with Crippen molar-refractivity contribution in [2.45, 2.75) is 57.3 Å². The van der Waals surface area contributed by atoms with E-state index in [1.54, 1.807) is 0 Å². The first-order valence-electron chi connectivity index (χ1n) is 8.77. The number of unbranched alkanes of at least 4 members (excludes halogenated alkanes) is 4. The van der Waals surface area contributed by atoms with Gasteiger partial charge in [0, 0.05) is 68.9 Å². The van der Waals surface area contributed by atoms with Gasteiger partial charge in [-0.25, -0.2) is 9.59 Å². The van der Waals surface area contributed by atoms with Gasteiger partial charge in [0.1, 0.15) is 4.90 Å². The van der Waals surface area contributed by atoms with Gasteiger partial charge >= 0.3 is 11.9 Å². The maximum Gasteiger partial charge on any atom is 0.339 e. The Kier molecular flexibility index (Phi) is 14.2. The van der Waals surface area contributed by atoms with Gasteiger partial charge in [0.15, 0.2) is 0 Å². The summed E-state index contributed by atoms with van der Waals surface area (Å²) in [5, 5.41) is 0. The number of benzene rings is 1. The minimum Gasteiger partial charge on any atom is -0.462 e. The fourth-order valence-electron chi connectivity index (χ4n) is 2.23. The first-order valence-corrected chi connectivity index (χ1v) is 10.2. The molecule has 27 heavy (non-hydrogen) atoms. The first-order chi connectivity index (χ1) is 12.3. The average molecular weight is 519 g/mol. The molecule has 0 unspecified atom stereocenters. The summed E-state index contributed by atoms with van der Waals surface area (Å²) in [4.78, 5) is 23.4. The zero-order chi connectivity index (χ0) is 19.6. The Labute approximate surface area is 219 Å². The summed E-state index contributed by atoms with van der Waals surface area (Å²) in [6, 6.07) is 3.35. The zero-order valence-corrected chi connectivity index (χ0v) is 23.3. The molecule has 0 aliphatic carbocycles. The van der Waals surface area contributed by atoms with Crippen molar-refractivity contribution in [3.05, 3.63) is 29.3 Å². The van der Waals surface area contributed by atoms with Crippen LogP contribution in [0.2, 0.25) is 0 Å². The van der Waals surface area contributed by atoms with E-state index in [2.05, 4.69) is 0 Å². The van der Waals surface area contributed by atoms with Crippen LogP contribution in [0.3, 0.4) is 0 Å². The molecule has 0 aromatic heterocycles. The fourth-order valence-corrected chi connectivity index (χ4v) is 2.93. The van der Waals surface area contributed by atoms with Crippen LogP contribution in [0.5, 0.6) is 0 Å². The molecule has 9 heteroatoms. The molecule has 0 aliphatic rings. The normalized spacial score (nSPS) is 10.8. The quantitative estimate of drug-likeness (QED) is 0.272. The number of rotatable bonds is 11. The van der Waals surface area contributed by atoms with Crippen molar-refractivity contribution in [3.8, 4) is 0 Å². The molecule has 0 atom stereocenters. The van der Waals surface area contributed by atoms with Gasteiger partial charge in [-0.3, -0.25) is 4.55 Å². The van der Waals surface area contributed by atoms with Crippen LogP contribution in [0.4, 0.5) is 0 Å². The molecular weight excluding hydrogens is 493 g/mol. The van der Waals surface area contributed by atoms with Crippen LogP contribution in [0, 0.1) is 0 Å². The van der Waals surface area contributed by atoms with Crippen molar-refractivity contribution < 1.29 is 32.0 Å². The third-order valence-electron chi connectivity index (χ3n) is 3.68. The predicted molar refractivity (Wildman–Crippen MR) is 102 cm³/mol. The fraction of sp³-hybridized carbons (Fsp3) is 0.556. The van der Waals surface area contributed by atoms with Crippen molar-refractivity contribution >= 4 is 91.0 Å². The average Bonchev–Trinajstić information content (AvgIpc) is 2.60. The van der Waals surface area contributed by atoms with Gasteiger partial charge in [0.05, 0.1) is 24.3 Å². The second kappa shape index (κ2) is 14.2. The Morgan fingerprint density at radius 1 is 0.926 bits per heavy atom. The molecule has 0 saturated carbocycles. The summed E-state index contributed by atoms with van der Waals surface area (Å²) >= 11 is 0. The van der Waals surface area contributed by atoms with Gasteiger partial charge in [-0.05, 0) is 31.0 Å². The smallest absolute Gasteiger partial charge is 0.339 e. The molecule has 0 amide bonds.